The monoisotopic (exact) mass is 338 g/mol. The Morgan fingerprint density at radius 1 is 1.12 bits per heavy atom. The topological polar surface area (TPSA) is 83.8 Å². The molecule has 2 aromatic rings. The predicted octanol–water partition coefficient (Wildman–Crippen LogP) is 2.20. The van der Waals surface area contributed by atoms with Crippen LogP contribution in [-0.2, 0) is 6.42 Å². The van der Waals surface area contributed by atoms with Gasteiger partial charge in [0.05, 0.1) is 18.3 Å². The second-order valence-electron chi connectivity index (χ2n) is 6.99. The average Bonchev–Trinajstić information content (AvgIpc) is 2.57. The van der Waals surface area contributed by atoms with Crippen molar-refractivity contribution in [2.45, 2.75) is 31.5 Å². The number of hydrogen-bond donors (Lipinski definition) is 2. The maximum Gasteiger partial charge on any atom is 0.197 e. The summed E-state index contributed by atoms with van der Waals surface area (Å²) < 4.78 is 5.28. The molecule has 2 aromatic carbocycles. The fraction of sp³-hybridized carbons (Fsp3) is 0.300. The van der Waals surface area contributed by atoms with Crippen LogP contribution >= 0.6 is 0 Å². The first kappa shape index (κ1) is 16.0. The zero-order valence-corrected chi connectivity index (χ0v) is 14.0. The Labute approximate surface area is 144 Å². The third-order valence-corrected chi connectivity index (χ3v) is 5.04. The van der Waals surface area contributed by atoms with Crippen LogP contribution in [0.3, 0.4) is 0 Å². The number of carbonyl (C=O) groups is 2. The Morgan fingerprint density at radius 3 is 2.60 bits per heavy atom. The van der Waals surface area contributed by atoms with Crippen LogP contribution in [0.15, 0.2) is 30.3 Å². The molecule has 0 aliphatic heterocycles. The molecule has 128 valence electrons. The van der Waals surface area contributed by atoms with Crippen LogP contribution in [0.5, 0.6) is 5.75 Å². The number of ether oxygens (including phenoxy) is 1. The SMILES string of the molecule is COc1cccc2c1C(=O)c1ccc3c(c1C2O)C(=O)CC(C)(O)C3. The second kappa shape index (κ2) is 5.25. The van der Waals surface area contributed by atoms with Gasteiger partial charge < -0.3 is 14.9 Å². The van der Waals surface area contributed by atoms with Crippen molar-refractivity contribution in [3.63, 3.8) is 0 Å². The lowest BCUT2D eigenvalue weighted by atomic mass is 9.73. The van der Waals surface area contributed by atoms with Crippen molar-refractivity contribution in [2.24, 2.45) is 0 Å². The van der Waals surface area contributed by atoms with E-state index in [1.807, 2.05) is 0 Å². The van der Waals surface area contributed by atoms with Crippen LogP contribution in [0, 0.1) is 0 Å². The van der Waals surface area contributed by atoms with Gasteiger partial charge in [0.2, 0.25) is 0 Å². The number of hydrogen-bond acceptors (Lipinski definition) is 5. The number of fused-ring (bicyclic) bond motifs is 4. The first-order chi connectivity index (χ1) is 11.8. The highest BCUT2D eigenvalue weighted by molar-refractivity contribution is 6.16. The summed E-state index contributed by atoms with van der Waals surface area (Å²) >= 11 is 0. The van der Waals surface area contributed by atoms with Crippen LogP contribution < -0.4 is 4.74 Å². The number of benzene rings is 2. The van der Waals surface area contributed by atoms with Crippen LogP contribution in [0.4, 0.5) is 0 Å². The highest BCUT2D eigenvalue weighted by atomic mass is 16.5. The Hall–Kier alpha value is -2.50. The Morgan fingerprint density at radius 2 is 1.88 bits per heavy atom. The van der Waals surface area contributed by atoms with Gasteiger partial charge in [0.25, 0.3) is 0 Å². The lowest BCUT2D eigenvalue weighted by molar-refractivity contribution is 0.0407. The fourth-order valence-corrected chi connectivity index (χ4v) is 4.01. The van der Waals surface area contributed by atoms with Crippen LogP contribution in [-0.4, -0.2) is 34.5 Å². The number of aliphatic hydroxyl groups excluding tert-OH is 1. The molecular formula is C20H18O5. The van der Waals surface area contributed by atoms with Crippen LogP contribution in [0.2, 0.25) is 0 Å². The van der Waals surface area contributed by atoms with Gasteiger partial charge in [-0.1, -0.05) is 24.3 Å². The van der Waals surface area contributed by atoms with Crippen molar-refractivity contribution in [2.75, 3.05) is 7.11 Å². The number of ketones is 2. The Balaban J connectivity index is 1.98. The van der Waals surface area contributed by atoms with Gasteiger partial charge in [-0.2, -0.15) is 0 Å². The second-order valence-corrected chi connectivity index (χ2v) is 6.99. The van der Waals surface area contributed by atoms with E-state index in [2.05, 4.69) is 0 Å². The molecular weight excluding hydrogens is 320 g/mol. The van der Waals surface area contributed by atoms with E-state index < -0.39 is 11.7 Å². The summed E-state index contributed by atoms with van der Waals surface area (Å²) in [5.74, 6) is -0.110. The largest absolute Gasteiger partial charge is 0.496 e. The van der Waals surface area contributed by atoms with Gasteiger partial charge in [-0.3, -0.25) is 9.59 Å². The van der Waals surface area contributed by atoms with Gasteiger partial charge in [-0.15, -0.1) is 0 Å². The summed E-state index contributed by atoms with van der Waals surface area (Å²) in [6, 6.07) is 8.39. The van der Waals surface area contributed by atoms with Gasteiger partial charge in [0, 0.05) is 29.5 Å². The highest BCUT2D eigenvalue weighted by Gasteiger charge is 2.40. The Bertz CT molecular complexity index is 926. The van der Waals surface area contributed by atoms with Gasteiger partial charge in [-0.05, 0) is 24.1 Å². The zero-order chi connectivity index (χ0) is 17.9. The maximum atomic E-state index is 13.0. The van der Waals surface area contributed by atoms with Crippen molar-refractivity contribution in [1.29, 1.82) is 0 Å². The van der Waals surface area contributed by atoms with E-state index in [4.69, 9.17) is 4.74 Å². The summed E-state index contributed by atoms with van der Waals surface area (Å²) in [4.78, 5) is 25.7. The van der Waals surface area contributed by atoms with Crippen molar-refractivity contribution in [3.8, 4) is 5.75 Å². The molecule has 0 saturated heterocycles. The molecule has 0 spiro atoms. The standard InChI is InChI=1S/C20H18O5/c1-20(24)8-10-6-7-12-17(15(10)13(21)9-20)19(23)11-4-3-5-14(25-2)16(11)18(12)22/h3-7,19,23-24H,8-9H2,1-2H3. The summed E-state index contributed by atoms with van der Waals surface area (Å²) in [6.45, 7) is 1.62. The summed E-state index contributed by atoms with van der Waals surface area (Å²) in [5.41, 5.74) is 1.37. The molecule has 0 saturated carbocycles. The molecule has 2 aliphatic carbocycles. The Kier molecular flexibility index (Phi) is 3.36. The molecule has 2 aliphatic rings. The molecule has 4 rings (SSSR count). The molecule has 2 atom stereocenters. The molecule has 25 heavy (non-hydrogen) atoms. The van der Waals surface area contributed by atoms with E-state index in [1.54, 1.807) is 37.3 Å². The van der Waals surface area contributed by atoms with Crippen molar-refractivity contribution in [3.05, 3.63) is 63.7 Å². The molecule has 2 unspecified atom stereocenters. The lowest BCUT2D eigenvalue weighted by Gasteiger charge is -2.33. The molecule has 0 heterocycles. The molecule has 2 N–H and O–H groups in total. The third-order valence-electron chi connectivity index (χ3n) is 5.04. The molecule has 0 aromatic heterocycles. The van der Waals surface area contributed by atoms with Gasteiger partial charge in [0.1, 0.15) is 11.9 Å². The minimum atomic E-state index is -1.11. The minimum Gasteiger partial charge on any atom is -0.496 e. The van der Waals surface area contributed by atoms with E-state index in [0.29, 0.717) is 45.6 Å². The number of carbonyl (C=O) groups excluding carboxylic acids is 2. The minimum absolute atomic E-state index is 0.0255. The smallest absolute Gasteiger partial charge is 0.197 e. The normalized spacial score (nSPS) is 24.4. The van der Waals surface area contributed by atoms with Gasteiger partial charge >= 0.3 is 0 Å². The lowest BCUT2D eigenvalue weighted by Crippen LogP contribution is -2.37. The highest BCUT2D eigenvalue weighted by Crippen LogP contribution is 2.43. The van der Waals surface area contributed by atoms with E-state index in [1.165, 1.54) is 7.11 Å². The number of Topliss-reactive ketones (excluding diaryl/α,β-unsaturated/α-hetero) is 1. The number of aliphatic hydroxyl groups is 2. The summed E-state index contributed by atoms with van der Waals surface area (Å²) in [7, 11) is 1.48. The number of methoxy groups -OCH3 is 1. The van der Waals surface area contributed by atoms with Crippen LogP contribution in [0.25, 0.3) is 0 Å². The first-order valence-electron chi connectivity index (χ1n) is 8.15. The maximum absolute atomic E-state index is 13.0. The van der Waals surface area contributed by atoms with Crippen molar-refractivity contribution >= 4 is 11.6 Å². The number of rotatable bonds is 1. The zero-order valence-electron chi connectivity index (χ0n) is 14.0. The van der Waals surface area contributed by atoms with Crippen LogP contribution in [0.1, 0.15) is 62.4 Å². The van der Waals surface area contributed by atoms with Gasteiger partial charge in [0.15, 0.2) is 11.6 Å². The molecule has 0 amide bonds. The molecule has 5 nitrogen and oxygen atoms in total. The summed E-state index contributed by atoms with van der Waals surface area (Å²) in [5, 5.41) is 21.2. The first-order valence-corrected chi connectivity index (χ1v) is 8.15. The van der Waals surface area contributed by atoms with E-state index >= 15 is 0 Å². The molecule has 0 bridgehead atoms. The molecule has 0 radical (unpaired) electrons. The predicted molar refractivity (Wildman–Crippen MR) is 90.2 cm³/mol. The van der Waals surface area contributed by atoms with E-state index in [9.17, 15) is 19.8 Å². The fourth-order valence-electron chi connectivity index (χ4n) is 4.01. The van der Waals surface area contributed by atoms with Crippen molar-refractivity contribution in [1.82, 2.24) is 0 Å². The van der Waals surface area contributed by atoms with Gasteiger partial charge in [-0.25, -0.2) is 0 Å². The summed E-state index contributed by atoms with van der Waals surface area (Å²) in [6.07, 6.45) is -0.796. The third kappa shape index (κ3) is 2.23. The van der Waals surface area contributed by atoms with Crippen molar-refractivity contribution < 1.29 is 24.5 Å². The molecule has 0 fully saturated rings. The quantitative estimate of drug-likeness (QED) is 0.833. The molecule has 5 heteroatoms. The van der Waals surface area contributed by atoms with E-state index in [0.717, 1.165) is 0 Å². The average molecular weight is 338 g/mol. The van der Waals surface area contributed by atoms with E-state index in [-0.39, 0.29) is 18.0 Å².